The van der Waals surface area contributed by atoms with Crippen LogP contribution in [0.1, 0.15) is 43.7 Å². The molecular weight excluding hydrogens is 227 g/mol. The van der Waals surface area contributed by atoms with Gasteiger partial charge in [-0.05, 0) is 18.9 Å². The normalized spacial score (nSPS) is 13.0. The van der Waals surface area contributed by atoms with Crippen LogP contribution in [-0.2, 0) is 0 Å². The third-order valence-electron chi connectivity index (χ3n) is 2.74. The van der Waals surface area contributed by atoms with Gasteiger partial charge in [-0.1, -0.05) is 31.0 Å². The Labute approximate surface area is 99.8 Å². The third-order valence-corrected chi connectivity index (χ3v) is 2.74. The van der Waals surface area contributed by atoms with E-state index in [0.717, 1.165) is 6.42 Å². The maximum atomic E-state index is 13.3. The zero-order valence-electron chi connectivity index (χ0n) is 9.71. The lowest BCUT2D eigenvalue weighted by Gasteiger charge is -2.12. The SMILES string of the molecule is NC(CCCCCC(F)F)c1ccccc1F. The Balaban J connectivity index is 2.26. The summed E-state index contributed by atoms with van der Waals surface area (Å²) >= 11 is 0. The van der Waals surface area contributed by atoms with Gasteiger partial charge in [0.2, 0.25) is 6.43 Å². The van der Waals surface area contributed by atoms with Gasteiger partial charge in [0.05, 0.1) is 0 Å². The van der Waals surface area contributed by atoms with Crippen molar-refractivity contribution in [2.24, 2.45) is 5.73 Å². The van der Waals surface area contributed by atoms with Gasteiger partial charge in [-0.25, -0.2) is 13.2 Å². The van der Waals surface area contributed by atoms with Crippen LogP contribution in [0, 0.1) is 5.82 Å². The van der Waals surface area contributed by atoms with Gasteiger partial charge in [-0.3, -0.25) is 0 Å². The van der Waals surface area contributed by atoms with Crippen molar-refractivity contribution in [1.29, 1.82) is 0 Å². The van der Waals surface area contributed by atoms with Gasteiger partial charge in [0.15, 0.2) is 0 Å². The molecule has 0 aromatic heterocycles. The number of hydrogen-bond donors (Lipinski definition) is 1. The molecule has 0 saturated heterocycles. The zero-order valence-corrected chi connectivity index (χ0v) is 9.71. The molecule has 1 atom stereocenters. The Morgan fingerprint density at radius 1 is 1.00 bits per heavy atom. The van der Waals surface area contributed by atoms with Gasteiger partial charge < -0.3 is 5.73 Å². The summed E-state index contributed by atoms with van der Waals surface area (Å²) in [7, 11) is 0. The van der Waals surface area contributed by atoms with Crippen LogP contribution in [0.3, 0.4) is 0 Å². The zero-order chi connectivity index (χ0) is 12.7. The van der Waals surface area contributed by atoms with E-state index >= 15 is 0 Å². The quantitative estimate of drug-likeness (QED) is 0.721. The van der Waals surface area contributed by atoms with Gasteiger partial charge in [-0.2, -0.15) is 0 Å². The van der Waals surface area contributed by atoms with E-state index in [9.17, 15) is 13.2 Å². The molecule has 1 rings (SSSR count). The number of hydrogen-bond acceptors (Lipinski definition) is 1. The fourth-order valence-corrected chi connectivity index (χ4v) is 1.77. The number of alkyl halides is 2. The molecule has 1 unspecified atom stereocenters. The fraction of sp³-hybridized carbons (Fsp3) is 0.538. The van der Waals surface area contributed by atoms with Crippen molar-refractivity contribution in [3.05, 3.63) is 35.6 Å². The Kier molecular flexibility index (Phi) is 6.05. The maximum absolute atomic E-state index is 13.3. The smallest absolute Gasteiger partial charge is 0.238 e. The summed E-state index contributed by atoms with van der Waals surface area (Å²) in [5.74, 6) is -0.299. The molecule has 0 radical (unpaired) electrons. The Morgan fingerprint density at radius 3 is 2.29 bits per heavy atom. The Morgan fingerprint density at radius 2 is 1.65 bits per heavy atom. The van der Waals surface area contributed by atoms with Crippen molar-refractivity contribution in [2.45, 2.75) is 44.6 Å². The van der Waals surface area contributed by atoms with E-state index in [0.29, 0.717) is 24.8 Å². The van der Waals surface area contributed by atoms with E-state index in [4.69, 9.17) is 5.73 Å². The molecule has 0 amide bonds. The van der Waals surface area contributed by atoms with Crippen LogP contribution in [-0.4, -0.2) is 6.43 Å². The van der Waals surface area contributed by atoms with Crippen molar-refractivity contribution < 1.29 is 13.2 Å². The van der Waals surface area contributed by atoms with Gasteiger partial charge in [0, 0.05) is 18.0 Å². The van der Waals surface area contributed by atoms with Gasteiger partial charge in [0.1, 0.15) is 5.82 Å². The number of nitrogens with two attached hydrogens (primary N) is 1. The van der Waals surface area contributed by atoms with E-state index in [1.54, 1.807) is 18.2 Å². The first-order valence-electron chi connectivity index (χ1n) is 5.89. The minimum Gasteiger partial charge on any atom is -0.324 e. The average molecular weight is 245 g/mol. The van der Waals surface area contributed by atoms with Gasteiger partial charge in [0.25, 0.3) is 0 Å². The van der Waals surface area contributed by atoms with Crippen molar-refractivity contribution >= 4 is 0 Å². The van der Waals surface area contributed by atoms with E-state index in [1.807, 2.05) is 0 Å². The van der Waals surface area contributed by atoms with E-state index in [2.05, 4.69) is 0 Å². The number of unbranched alkanes of at least 4 members (excludes halogenated alkanes) is 2. The maximum Gasteiger partial charge on any atom is 0.238 e. The molecule has 96 valence electrons. The third kappa shape index (κ3) is 5.22. The van der Waals surface area contributed by atoms with Crippen molar-refractivity contribution in [1.82, 2.24) is 0 Å². The monoisotopic (exact) mass is 245 g/mol. The average Bonchev–Trinajstić information content (AvgIpc) is 2.28. The van der Waals surface area contributed by atoms with Gasteiger partial charge >= 0.3 is 0 Å². The second kappa shape index (κ2) is 7.33. The Hall–Kier alpha value is -1.03. The predicted octanol–water partition coefficient (Wildman–Crippen LogP) is 4.04. The van der Waals surface area contributed by atoms with Gasteiger partial charge in [-0.15, -0.1) is 0 Å². The fourth-order valence-electron chi connectivity index (χ4n) is 1.77. The number of rotatable bonds is 7. The summed E-state index contributed by atoms with van der Waals surface area (Å²) in [6, 6.07) is 6.07. The lowest BCUT2D eigenvalue weighted by atomic mass is 10.0. The molecular formula is C13H18F3N. The molecule has 1 aromatic rings. The lowest BCUT2D eigenvalue weighted by Crippen LogP contribution is -2.11. The van der Waals surface area contributed by atoms with Crippen LogP contribution < -0.4 is 5.73 Å². The summed E-state index contributed by atoms with van der Waals surface area (Å²) in [5.41, 5.74) is 6.35. The largest absolute Gasteiger partial charge is 0.324 e. The number of benzene rings is 1. The molecule has 0 saturated carbocycles. The molecule has 0 heterocycles. The highest BCUT2D eigenvalue weighted by atomic mass is 19.3. The van der Waals surface area contributed by atoms with Crippen molar-refractivity contribution in [2.75, 3.05) is 0 Å². The standard InChI is InChI=1S/C13H18F3N/c14-11-7-5-4-6-10(11)12(17)8-2-1-3-9-13(15)16/h4-7,12-13H,1-3,8-9,17H2. The van der Waals surface area contributed by atoms with Crippen LogP contribution >= 0.6 is 0 Å². The summed E-state index contributed by atoms with van der Waals surface area (Å²) < 4.78 is 37.1. The second-order valence-electron chi connectivity index (χ2n) is 4.16. The van der Waals surface area contributed by atoms with E-state index < -0.39 is 6.43 Å². The summed E-state index contributed by atoms with van der Waals surface area (Å²) in [6.45, 7) is 0. The van der Waals surface area contributed by atoms with Crippen LogP contribution in [0.15, 0.2) is 24.3 Å². The molecule has 1 aromatic carbocycles. The first kappa shape index (κ1) is 14.0. The first-order valence-corrected chi connectivity index (χ1v) is 5.89. The van der Waals surface area contributed by atoms with Crippen molar-refractivity contribution in [3.63, 3.8) is 0 Å². The predicted molar refractivity (Wildman–Crippen MR) is 62.4 cm³/mol. The van der Waals surface area contributed by atoms with Crippen LogP contribution in [0.4, 0.5) is 13.2 Å². The minimum atomic E-state index is -2.23. The highest BCUT2D eigenvalue weighted by Crippen LogP contribution is 2.20. The Bertz CT molecular complexity index is 328. The molecule has 0 aliphatic heterocycles. The number of halogens is 3. The summed E-state index contributed by atoms with van der Waals surface area (Å²) in [6.07, 6.45) is 0.311. The summed E-state index contributed by atoms with van der Waals surface area (Å²) in [5, 5.41) is 0. The van der Waals surface area contributed by atoms with Crippen LogP contribution in [0.25, 0.3) is 0 Å². The molecule has 17 heavy (non-hydrogen) atoms. The lowest BCUT2D eigenvalue weighted by molar-refractivity contribution is 0.133. The van der Waals surface area contributed by atoms with Crippen LogP contribution in [0.2, 0.25) is 0 Å². The first-order chi connectivity index (χ1) is 8.11. The second-order valence-corrected chi connectivity index (χ2v) is 4.16. The molecule has 2 N–H and O–H groups in total. The van der Waals surface area contributed by atoms with Crippen LogP contribution in [0.5, 0.6) is 0 Å². The topological polar surface area (TPSA) is 26.0 Å². The molecule has 0 aliphatic rings. The van der Waals surface area contributed by atoms with Crippen molar-refractivity contribution in [3.8, 4) is 0 Å². The summed E-state index contributed by atoms with van der Waals surface area (Å²) in [4.78, 5) is 0. The van der Waals surface area contributed by atoms with E-state index in [-0.39, 0.29) is 18.3 Å². The molecule has 0 bridgehead atoms. The minimum absolute atomic E-state index is 0.0606. The molecule has 1 nitrogen and oxygen atoms in total. The molecule has 0 spiro atoms. The molecule has 0 fully saturated rings. The molecule has 0 aliphatic carbocycles. The molecule has 4 heteroatoms. The van der Waals surface area contributed by atoms with E-state index in [1.165, 1.54) is 6.07 Å². The highest BCUT2D eigenvalue weighted by molar-refractivity contribution is 5.20. The highest BCUT2D eigenvalue weighted by Gasteiger charge is 2.10.